The van der Waals surface area contributed by atoms with E-state index in [1.165, 1.54) is 11.1 Å². The molecule has 0 radical (unpaired) electrons. The molecule has 1 aliphatic heterocycles. The molecule has 2 heterocycles. The summed E-state index contributed by atoms with van der Waals surface area (Å²) in [5, 5.41) is 14.5. The number of nitrogens with one attached hydrogen (secondary N) is 1. The van der Waals surface area contributed by atoms with Gasteiger partial charge in [0, 0.05) is 19.0 Å². The standard InChI is InChI=1S/C14H15N5O/c20-9-19-7-11(8-19)10-1-3-12(4-2-10)14(5-6-14)13-15-17-18-16-13/h1-4,9,11H,5-8H2,(H,15,16,17,18). The van der Waals surface area contributed by atoms with E-state index < -0.39 is 0 Å². The molecule has 2 fully saturated rings. The predicted molar refractivity (Wildman–Crippen MR) is 71.0 cm³/mol. The van der Waals surface area contributed by atoms with Crippen molar-refractivity contribution in [3.05, 3.63) is 41.2 Å². The first-order chi connectivity index (χ1) is 9.82. The minimum atomic E-state index is -0.0278. The van der Waals surface area contributed by atoms with Crippen LogP contribution in [0.3, 0.4) is 0 Å². The lowest BCUT2D eigenvalue weighted by atomic mass is 9.88. The summed E-state index contributed by atoms with van der Waals surface area (Å²) in [6.07, 6.45) is 3.07. The first-order valence-corrected chi connectivity index (χ1v) is 6.85. The van der Waals surface area contributed by atoms with E-state index >= 15 is 0 Å². The average Bonchev–Trinajstić information content (AvgIpc) is 3.06. The van der Waals surface area contributed by atoms with Crippen molar-refractivity contribution in [3.63, 3.8) is 0 Å². The normalized spacial score (nSPS) is 20.5. The summed E-state index contributed by atoms with van der Waals surface area (Å²) in [6, 6.07) is 8.68. The summed E-state index contributed by atoms with van der Waals surface area (Å²) in [5.41, 5.74) is 2.53. The van der Waals surface area contributed by atoms with Gasteiger partial charge in [0.2, 0.25) is 6.41 Å². The molecule has 1 N–H and O–H groups in total. The quantitative estimate of drug-likeness (QED) is 0.834. The van der Waals surface area contributed by atoms with Gasteiger partial charge < -0.3 is 4.90 Å². The zero-order chi connectivity index (χ0) is 13.6. The van der Waals surface area contributed by atoms with Gasteiger partial charge in [-0.2, -0.15) is 5.21 Å². The summed E-state index contributed by atoms with van der Waals surface area (Å²) >= 11 is 0. The number of nitrogens with zero attached hydrogens (tertiary/aromatic N) is 4. The van der Waals surface area contributed by atoms with Crippen LogP contribution in [0, 0.1) is 0 Å². The summed E-state index contributed by atoms with van der Waals surface area (Å²) in [4.78, 5) is 12.4. The van der Waals surface area contributed by atoms with Crippen LogP contribution in [-0.2, 0) is 10.2 Å². The first-order valence-electron chi connectivity index (χ1n) is 6.85. The fourth-order valence-electron chi connectivity index (χ4n) is 3.01. The summed E-state index contributed by atoms with van der Waals surface area (Å²) in [7, 11) is 0. The van der Waals surface area contributed by atoms with Gasteiger partial charge in [-0.25, -0.2) is 0 Å². The Kier molecular flexibility index (Phi) is 2.39. The van der Waals surface area contributed by atoms with E-state index in [2.05, 4.69) is 44.9 Å². The smallest absolute Gasteiger partial charge is 0.209 e. The number of carbonyl (C=O) groups is 1. The second kappa shape index (κ2) is 4.13. The Hall–Kier alpha value is -2.24. The van der Waals surface area contributed by atoms with Gasteiger partial charge in [0.15, 0.2) is 5.82 Å². The number of amides is 1. The molecule has 6 nitrogen and oxygen atoms in total. The lowest BCUT2D eigenvalue weighted by Gasteiger charge is -2.36. The number of carbonyl (C=O) groups excluding carboxylic acids is 1. The molecule has 1 aromatic heterocycles. The van der Waals surface area contributed by atoms with Crippen LogP contribution in [-0.4, -0.2) is 45.0 Å². The average molecular weight is 269 g/mol. The van der Waals surface area contributed by atoms with Crippen molar-refractivity contribution in [2.24, 2.45) is 0 Å². The molecule has 1 saturated heterocycles. The van der Waals surface area contributed by atoms with Crippen molar-refractivity contribution in [1.82, 2.24) is 25.5 Å². The molecular formula is C14H15N5O. The third-order valence-corrected chi connectivity index (χ3v) is 4.52. The highest BCUT2D eigenvalue weighted by molar-refractivity contribution is 5.50. The minimum absolute atomic E-state index is 0.0278. The van der Waals surface area contributed by atoms with Gasteiger partial charge in [0.1, 0.15) is 0 Å². The lowest BCUT2D eigenvalue weighted by Crippen LogP contribution is -2.43. The van der Waals surface area contributed by atoms with Crippen molar-refractivity contribution in [2.45, 2.75) is 24.2 Å². The third-order valence-electron chi connectivity index (χ3n) is 4.52. The highest BCUT2D eigenvalue weighted by Crippen LogP contribution is 2.51. The highest BCUT2D eigenvalue weighted by Gasteiger charge is 2.49. The molecule has 102 valence electrons. The van der Waals surface area contributed by atoms with E-state index in [4.69, 9.17) is 0 Å². The lowest BCUT2D eigenvalue weighted by molar-refractivity contribution is -0.122. The van der Waals surface area contributed by atoms with Crippen molar-refractivity contribution < 1.29 is 4.79 Å². The maximum atomic E-state index is 10.6. The fraction of sp³-hybridized carbons (Fsp3) is 0.429. The van der Waals surface area contributed by atoms with Crippen LogP contribution < -0.4 is 0 Å². The Morgan fingerprint density at radius 2 is 2.00 bits per heavy atom. The van der Waals surface area contributed by atoms with Crippen LogP contribution in [0.4, 0.5) is 0 Å². The van der Waals surface area contributed by atoms with Crippen LogP contribution in [0.15, 0.2) is 24.3 Å². The number of rotatable bonds is 4. The maximum Gasteiger partial charge on any atom is 0.209 e. The monoisotopic (exact) mass is 269 g/mol. The van der Waals surface area contributed by atoms with Crippen LogP contribution >= 0.6 is 0 Å². The van der Waals surface area contributed by atoms with Crippen LogP contribution in [0.25, 0.3) is 0 Å². The van der Waals surface area contributed by atoms with Gasteiger partial charge in [0.05, 0.1) is 5.41 Å². The molecule has 0 bridgehead atoms. The number of H-pyrrole nitrogens is 1. The summed E-state index contributed by atoms with van der Waals surface area (Å²) in [6.45, 7) is 1.66. The van der Waals surface area contributed by atoms with E-state index in [9.17, 15) is 4.79 Å². The van der Waals surface area contributed by atoms with Crippen molar-refractivity contribution >= 4 is 6.41 Å². The molecule has 1 aliphatic carbocycles. The molecule has 2 aliphatic rings. The minimum Gasteiger partial charge on any atom is -0.344 e. The van der Waals surface area contributed by atoms with Gasteiger partial charge >= 0.3 is 0 Å². The molecule has 4 rings (SSSR count). The topological polar surface area (TPSA) is 74.8 Å². The Morgan fingerprint density at radius 1 is 1.25 bits per heavy atom. The summed E-state index contributed by atoms with van der Waals surface area (Å²) < 4.78 is 0. The molecule has 1 saturated carbocycles. The number of tetrazole rings is 1. The van der Waals surface area contributed by atoms with Gasteiger partial charge in [-0.15, -0.1) is 10.2 Å². The zero-order valence-electron chi connectivity index (χ0n) is 11.0. The van der Waals surface area contributed by atoms with E-state index in [1.807, 2.05) is 0 Å². The number of hydrogen-bond acceptors (Lipinski definition) is 4. The second-order valence-corrected chi connectivity index (χ2v) is 5.70. The Bertz CT molecular complexity index is 612. The van der Waals surface area contributed by atoms with E-state index in [0.29, 0.717) is 5.92 Å². The second-order valence-electron chi connectivity index (χ2n) is 5.70. The van der Waals surface area contributed by atoms with Gasteiger partial charge in [-0.1, -0.05) is 29.5 Å². The Labute approximate surface area is 116 Å². The van der Waals surface area contributed by atoms with Crippen LogP contribution in [0.2, 0.25) is 0 Å². The van der Waals surface area contributed by atoms with Gasteiger partial charge in [-0.05, 0) is 24.0 Å². The fourth-order valence-corrected chi connectivity index (χ4v) is 3.01. The Balaban J connectivity index is 1.55. The number of likely N-dealkylation sites (tertiary alicyclic amines) is 1. The molecule has 0 atom stereocenters. The molecule has 1 aromatic carbocycles. The van der Waals surface area contributed by atoms with E-state index in [0.717, 1.165) is 38.2 Å². The van der Waals surface area contributed by atoms with Gasteiger partial charge in [-0.3, -0.25) is 4.79 Å². The molecular weight excluding hydrogens is 254 g/mol. The Morgan fingerprint density at radius 3 is 2.55 bits per heavy atom. The number of hydrogen-bond donors (Lipinski definition) is 1. The van der Waals surface area contributed by atoms with Crippen LogP contribution in [0.5, 0.6) is 0 Å². The van der Waals surface area contributed by atoms with Crippen molar-refractivity contribution in [2.75, 3.05) is 13.1 Å². The molecule has 0 spiro atoms. The van der Waals surface area contributed by atoms with E-state index in [-0.39, 0.29) is 5.41 Å². The van der Waals surface area contributed by atoms with Crippen molar-refractivity contribution in [3.8, 4) is 0 Å². The maximum absolute atomic E-state index is 10.6. The van der Waals surface area contributed by atoms with Crippen molar-refractivity contribution in [1.29, 1.82) is 0 Å². The molecule has 6 heteroatoms. The highest BCUT2D eigenvalue weighted by atomic mass is 16.1. The third kappa shape index (κ3) is 1.64. The van der Waals surface area contributed by atoms with Gasteiger partial charge in [0.25, 0.3) is 0 Å². The molecule has 0 unspecified atom stereocenters. The largest absolute Gasteiger partial charge is 0.344 e. The predicted octanol–water partition coefficient (Wildman–Crippen LogP) is 0.835. The molecule has 2 aromatic rings. The van der Waals surface area contributed by atoms with E-state index in [1.54, 1.807) is 4.90 Å². The first kappa shape index (κ1) is 11.6. The zero-order valence-corrected chi connectivity index (χ0v) is 11.0. The molecule has 20 heavy (non-hydrogen) atoms. The summed E-state index contributed by atoms with van der Waals surface area (Å²) in [5.74, 6) is 1.27. The molecule has 1 amide bonds. The number of aromatic nitrogens is 4. The number of benzene rings is 1. The SMILES string of the molecule is O=CN1CC(c2ccc(C3(c4nn[nH]n4)CC3)cc2)C1. The number of aromatic amines is 1. The van der Waals surface area contributed by atoms with Crippen LogP contribution in [0.1, 0.15) is 35.7 Å².